The number of aromatic nitrogens is 1. The van der Waals surface area contributed by atoms with Gasteiger partial charge in [0, 0.05) is 66.4 Å². The zero-order chi connectivity index (χ0) is 31.2. The zero-order valence-electron chi connectivity index (χ0n) is 25.2. The first-order valence-electron chi connectivity index (χ1n) is 14.9. The summed E-state index contributed by atoms with van der Waals surface area (Å²) in [5.74, 6) is -0.477. The summed E-state index contributed by atoms with van der Waals surface area (Å²) in [4.78, 5) is 34.3. The van der Waals surface area contributed by atoms with Crippen molar-refractivity contribution in [1.29, 1.82) is 0 Å². The fraction of sp³-hybridized carbons (Fsp3) is 0.375. The summed E-state index contributed by atoms with van der Waals surface area (Å²) in [6.07, 6.45) is 3.20. The molecule has 4 heterocycles. The molecule has 232 valence electrons. The van der Waals surface area contributed by atoms with Crippen molar-refractivity contribution in [2.45, 2.75) is 31.6 Å². The quantitative estimate of drug-likeness (QED) is 0.245. The second-order valence-electron chi connectivity index (χ2n) is 11.7. The monoisotopic (exact) mass is 680 g/mol. The van der Waals surface area contributed by atoms with Gasteiger partial charge in [0.2, 0.25) is 0 Å². The Hall–Kier alpha value is -3.45. The van der Waals surface area contributed by atoms with Crippen molar-refractivity contribution in [2.24, 2.45) is 0 Å². The Labute approximate surface area is 266 Å². The van der Waals surface area contributed by atoms with E-state index >= 15 is 0 Å². The van der Waals surface area contributed by atoms with Crippen molar-refractivity contribution < 1.29 is 18.0 Å². The molecule has 1 saturated heterocycles. The molecule has 12 heteroatoms. The maximum Gasteiger partial charge on any atom is 0.264 e. The summed E-state index contributed by atoms with van der Waals surface area (Å²) in [5, 5.41) is 5.90. The number of H-pyrrole nitrogens is 1. The van der Waals surface area contributed by atoms with Gasteiger partial charge in [0.05, 0.1) is 21.7 Å². The van der Waals surface area contributed by atoms with Crippen molar-refractivity contribution >= 4 is 60.8 Å². The van der Waals surface area contributed by atoms with Crippen LogP contribution in [0.5, 0.6) is 0 Å². The third-order valence-electron chi connectivity index (χ3n) is 8.78. The Kier molecular flexibility index (Phi) is 8.44. The van der Waals surface area contributed by atoms with E-state index in [1.54, 1.807) is 18.2 Å². The van der Waals surface area contributed by atoms with Crippen LogP contribution < -0.4 is 14.9 Å². The average Bonchev–Trinajstić information content (AvgIpc) is 3.64. The maximum absolute atomic E-state index is 13.8. The molecule has 6 rings (SSSR count). The van der Waals surface area contributed by atoms with Crippen molar-refractivity contribution in [1.82, 2.24) is 20.1 Å². The van der Waals surface area contributed by atoms with Crippen LogP contribution in [0.15, 0.2) is 45.8 Å². The summed E-state index contributed by atoms with van der Waals surface area (Å²) in [7, 11) is -1.72. The van der Waals surface area contributed by atoms with Gasteiger partial charge >= 0.3 is 0 Å². The molecule has 0 saturated carbocycles. The number of hydrogen-bond acceptors (Lipinski definition) is 6. The molecule has 0 aliphatic carbocycles. The van der Waals surface area contributed by atoms with Gasteiger partial charge in [-0.25, -0.2) is 8.42 Å². The van der Waals surface area contributed by atoms with Crippen LogP contribution in [-0.4, -0.2) is 87.9 Å². The van der Waals surface area contributed by atoms with Crippen molar-refractivity contribution in [3.63, 3.8) is 0 Å². The van der Waals surface area contributed by atoms with Crippen molar-refractivity contribution in [3.05, 3.63) is 74.5 Å². The molecule has 0 radical (unpaired) electrons. The van der Waals surface area contributed by atoms with Crippen molar-refractivity contribution in [2.75, 3.05) is 62.5 Å². The summed E-state index contributed by atoms with van der Waals surface area (Å²) >= 11 is 3.46. The van der Waals surface area contributed by atoms with Gasteiger partial charge in [-0.1, -0.05) is 15.9 Å². The molecule has 0 bridgehead atoms. The van der Waals surface area contributed by atoms with Crippen LogP contribution in [0.4, 0.5) is 11.4 Å². The highest BCUT2D eigenvalue weighted by Gasteiger charge is 2.33. The lowest BCUT2D eigenvalue weighted by Gasteiger charge is -2.32. The van der Waals surface area contributed by atoms with Crippen LogP contribution in [0.3, 0.4) is 0 Å². The lowest BCUT2D eigenvalue weighted by Crippen LogP contribution is -2.45. The number of carbonyl (C=O) groups excluding carboxylic acids is 2. The average molecular weight is 682 g/mol. The third kappa shape index (κ3) is 5.83. The Morgan fingerprint density at radius 2 is 1.84 bits per heavy atom. The first kappa shape index (κ1) is 30.6. The molecule has 10 nitrogen and oxygen atoms in total. The fourth-order valence-electron chi connectivity index (χ4n) is 6.26. The number of rotatable bonds is 8. The maximum atomic E-state index is 13.8. The first-order chi connectivity index (χ1) is 21.0. The highest BCUT2D eigenvalue weighted by molar-refractivity contribution is 9.10. The number of carbonyl (C=O) groups is 2. The number of aromatic amines is 1. The van der Waals surface area contributed by atoms with E-state index in [2.05, 4.69) is 48.4 Å². The third-order valence-corrected chi connectivity index (χ3v) is 11.1. The number of hydrogen-bond donors (Lipinski definition) is 3. The molecule has 1 fully saturated rings. The molecule has 3 aliphatic rings. The Morgan fingerprint density at radius 3 is 2.61 bits per heavy atom. The van der Waals surface area contributed by atoms with Gasteiger partial charge in [0.15, 0.2) is 0 Å². The van der Waals surface area contributed by atoms with Crippen LogP contribution in [0.1, 0.15) is 44.9 Å². The van der Waals surface area contributed by atoms with E-state index in [1.807, 2.05) is 32.0 Å². The zero-order valence-corrected chi connectivity index (χ0v) is 27.6. The number of sulfonamides is 1. The molecule has 3 aliphatic heterocycles. The Bertz CT molecular complexity index is 1770. The van der Waals surface area contributed by atoms with Gasteiger partial charge in [-0.3, -0.25) is 13.9 Å². The van der Waals surface area contributed by atoms with E-state index in [1.165, 1.54) is 10.4 Å². The molecule has 1 aromatic heterocycles. The predicted octanol–water partition coefficient (Wildman–Crippen LogP) is 4.01. The molecular weight excluding hydrogens is 644 g/mol. The number of fused-ring (bicyclic) bond motifs is 2. The molecule has 3 aromatic rings. The Morgan fingerprint density at radius 1 is 1.07 bits per heavy atom. The van der Waals surface area contributed by atoms with Crippen molar-refractivity contribution in [3.8, 4) is 0 Å². The highest BCUT2D eigenvalue weighted by Crippen LogP contribution is 2.39. The van der Waals surface area contributed by atoms with Crippen LogP contribution in [0.25, 0.3) is 11.6 Å². The number of piperazine rings is 1. The number of nitrogens with one attached hydrogen (secondary N) is 3. The number of amides is 2. The van der Waals surface area contributed by atoms with Gasteiger partial charge in [-0.15, -0.1) is 0 Å². The second kappa shape index (κ2) is 12.2. The van der Waals surface area contributed by atoms with Gasteiger partial charge in [0.25, 0.3) is 21.8 Å². The molecule has 2 amide bonds. The number of benzene rings is 2. The van der Waals surface area contributed by atoms with Gasteiger partial charge in [-0.05, 0) is 93.9 Å². The van der Waals surface area contributed by atoms with Crippen LogP contribution in [-0.2, 0) is 21.2 Å². The summed E-state index contributed by atoms with van der Waals surface area (Å²) < 4.78 is 29.8. The van der Waals surface area contributed by atoms with Crippen LogP contribution in [0, 0.1) is 13.8 Å². The highest BCUT2D eigenvalue weighted by atomic mass is 79.9. The SMILES string of the molecule is Cc1[nH]c(C=C2C(=O)Nc3ccc(S(=O)(=O)N4CCc5cc(Br)ccc54)cc32)c(C)c1C(=O)NCCCN1CCN(C)CC1. The molecule has 0 unspecified atom stereocenters. The predicted molar refractivity (Wildman–Crippen MR) is 176 cm³/mol. The lowest BCUT2D eigenvalue weighted by atomic mass is 10.0. The van der Waals surface area contributed by atoms with E-state index in [0.29, 0.717) is 59.0 Å². The fourth-order valence-corrected chi connectivity index (χ4v) is 8.19. The standard InChI is InChI=1S/C32H37BrN6O4S/c1-20-28(35-21(2)30(20)32(41)34-10-4-11-38-15-13-37(3)14-16-38)19-26-25-18-24(6-7-27(25)36-31(26)40)44(42,43)39-12-9-22-17-23(33)5-8-29(22)39/h5-8,17-19,35H,4,9-16H2,1-3H3,(H,34,41)(H,36,40). The number of halogens is 1. The van der Waals surface area contributed by atoms with E-state index in [4.69, 9.17) is 0 Å². The molecule has 3 N–H and O–H groups in total. The molecule has 44 heavy (non-hydrogen) atoms. The smallest absolute Gasteiger partial charge is 0.264 e. The Balaban J connectivity index is 1.20. The molecule has 2 aromatic carbocycles. The summed E-state index contributed by atoms with van der Waals surface area (Å²) in [6.45, 7) is 9.81. The topological polar surface area (TPSA) is 118 Å². The minimum Gasteiger partial charge on any atom is -0.358 e. The summed E-state index contributed by atoms with van der Waals surface area (Å²) in [6, 6.07) is 10.3. The number of nitrogens with zero attached hydrogens (tertiary/aromatic N) is 3. The van der Waals surface area contributed by atoms with Gasteiger partial charge < -0.3 is 25.4 Å². The van der Waals surface area contributed by atoms with Gasteiger partial charge in [-0.2, -0.15) is 0 Å². The number of likely N-dealkylation sites (N-methyl/N-ethyl adjacent to an activating group) is 1. The largest absolute Gasteiger partial charge is 0.358 e. The first-order valence-corrected chi connectivity index (χ1v) is 17.1. The normalized spacial score (nSPS) is 18.0. The number of anilines is 2. The second-order valence-corrected chi connectivity index (χ2v) is 14.5. The van der Waals surface area contributed by atoms with Crippen LogP contribution in [0.2, 0.25) is 0 Å². The minimum absolute atomic E-state index is 0.116. The summed E-state index contributed by atoms with van der Waals surface area (Å²) in [5.41, 5.74) is 5.66. The van der Waals surface area contributed by atoms with E-state index in [-0.39, 0.29) is 16.7 Å². The minimum atomic E-state index is -3.86. The van der Waals surface area contributed by atoms with E-state index in [9.17, 15) is 18.0 Å². The molecule has 0 spiro atoms. The van der Waals surface area contributed by atoms with E-state index in [0.717, 1.165) is 54.7 Å². The van der Waals surface area contributed by atoms with E-state index < -0.39 is 10.0 Å². The molecule has 0 atom stereocenters. The molecular formula is C32H37BrN6O4S. The number of aryl methyl sites for hydroxylation is 1. The van der Waals surface area contributed by atoms with Gasteiger partial charge in [0.1, 0.15) is 0 Å². The lowest BCUT2D eigenvalue weighted by molar-refractivity contribution is -0.110. The van der Waals surface area contributed by atoms with Crippen LogP contribution >= 0.6 is 15.9 Å².